The third-order valence-corrected chi connectivity index (χ3v) is 2.61. The third kappa shape index (κ3) is 5.28. The highest BCUT2D eigenvalue weighted by atomic mass is 19.3. The molecule has 0 saturated carbocycles. The second kappa shape index (κ2) is 5.91. The maximum absolute atomic E-state index is 13.2. The van der Waals surface area contributed by atoms with Crippen LogP contribution in [0.25, 0.3) is 0 Å². The van der Waals surface area contributed by atoms with Crippen LogP contribution in [0.15, 0.2) is 23.8 Å². The number of aliphatic hydroxyl groups is 1. The first-order chi connectivity index (χ1) is 9.00. The van der Waals surface area contributed by atoms with Crippen LogP contribution in [0.1, 0.15) is 27.2 Å². The summed E-state index contributed by atoms with van der Waals surface area (Å²) in [6, 6.07) is 0. The fraction of sp³-hybridized carbons (Fsp3) is 0.643. The van der Waals surface area contributed by atoms with Crippen LogP contribution >= 0.6 is 0 Å². The van der Waals surface area contributed by atoms with Gasteiger partial charge in [-0.25, -0.2) is 13.6 Å². The van der Waals surface area contributed by atoms with Gasteiger partial charge in [0.1, 0.15) is 5.60 Å². The number of halogens is 2. The van der Waals surface area contributed by atoms with Crippen LogP contribution in [0.5, 0.6) is 0 Å². The molecular formula is C14H21F2NO3. The summed E-state index contributed by atoms with van der Waals surface area (Å²) in [5.41, 5.74) is -0.537. The van der Waals surface area contributed by atoms with Crippen molar-refractivity contribution in [3.05, 3.63) is 23.8 Å². The highest BCUT2D eigenvalue weighted by Crippen LogP contribution is 2.28. The fourth-order valence-electron chi connectivity index (χ4n) is 1.69. The molecule has 0 heterocycles. The first-order valence-corrected chi connectivity index (χ1v) is 6.39. The highest BCUT2D eigenvalue weighted by molar-refractivity contribution is 5.67. The summed E-state index contributed by atoms with van der Waals surface area (Å²) < 4.78 is 31.5. The molecule has 1 atom stereocenters. The van der Waals surface area contributed by atoms with Crippen LogP contribution in [-0.2, 0) is 4.74 Å². The summed E-state index contributed by atoms with van der Waals surface area (Å²) in [4.78, 5) is 12.9. The van der Waals surface area contributed by atoms with Gasteiger partial charge >= 0.3 is 6.09 Å². The quantitative estimate of drug-likeness (QED) is 0.869. The summed E-state index contributed by atoms with van der Waals surface area (Å²) in [7, 11) is 1.45. The fourth-order valence-corrected chi connectivity index (χ4v) is 1.69. The molecule has 0 bridgehead atoms. The van der Waals surface area contributed by atoms with Gasteiger partial charge in [0.25, 0.3) is 5.92 Å². The molecule has 1 amide bonds. The monoisotopic (exact) mass is 289 g/mol. The molecule has 4 nitrogen and oxygen atoms in total. The van der Waals surface area contributed by atoms with Crippen molar-refractivity contribution in [1.82, 2.24) is 4.90 Å². The van der Waals surface area contributed by atoms with Crippen molar-refractivity contribution < 1.29 is 23.4 Å². The Kier molecular flexibility index (Phi) is 4.91. The molecule has 0 aromatic carbocycles. The molecule has 0 aromatic heterocycles. The van der Waals surface area contributed by atoms with Gasteiger partial charge in [0.15, 0.2) is 0 Å². The van der Waals surface area contributed by atoms with Gasteiger partial charge < -0.3 is 14.7 Å². The Hall–Kier alpha value is -1.43. The van der Waals surface area contributed by atoms with Crippen molar-refractivity contribution in [3.8, 4) is 0 Å². The van der Waals surface area contributed by atoms with Crippen molar-refractivity contribution in [1.29, 1.82) is 0 Å². The van der Waals surface area contributed by atoms with Crippen molar-refractivity contribution in [2.24, 2.45) is 0 Å². The number of ether oxygens (including phenoxy) is 1. The predicted molar refractivity (Wildman–Crippen MR) is 71.7 cm³/mol. The van der Waals surface area contributed by atoms with Gasteiger partial charge in [0, 0.05) is 13.5 Å². The lowest BCUT2D eigenvalue weighted by Crippen LogP contribution is -2.39. The molecule has 20 heavy (non-hydrogen) atoms. The van der Waals surface area contributed by atoms with Crippen molar-refractivity contribution in [2.45, 2.75) is 44.8 Å². The van der Waals surface area contributed by atoms with E-state index in [1.807, 2.05) is 0 Å². The van der Waals surface area contributed by atoms with E-state index in [1.165, 1.54) is 19.2 Å². The van der Waals surface area contributed by atoms with E-state index in [1.54, 1.807) is 20.8 Å². The Morgan fingerprint density at radius 2 is 2.15 bits per heavy atom. The summed E-state index contributed by atoms with van der Waals surface area (Å²) >= 11 is 0. The second-order valence-electron chi connectivity index (χ2n) is 5.89. The summed E-state index contributed by atoms with van der Waals surface area (Å²) in [6.07, 6.45) is 1.35. The van der Waals surface area contributed by atoms with E-state index in [0.29, 0.717) is 0 Å². The second-order valence-corrected chi connectivity index (χ2v) is 5.89. The van der Waals surface area contributed by atoms with E-state index >= 15 is 0 Å². The van der Waals surface area contributed by atoms with Crippen molar-refractivity contribution in [3.63, 3.8) is 0 Å². The van der Waals surface area contributed by atoms with Gasteiger partial charge in [-0.1, -0.05) is 12.2 Å². The zero-order valence-corrected chi connectivity index (χ0v) is 12.2. The molecule has 6 heteroatoms. The van der Waals surface area contributed by atoms with E-state index in [9.17, 15) is 18.7 Å². The van der Waals surface area contributed by atoms with Crippen LogP contribution in [0.4, 0.5) is 13.6 Å². The topological polar surface area (TPSA) is 49.8 Å². The van der Waals surface area contributed by atoms with Gasteiger partial charge in [0.2, 0.25) is 0 Å². The van der Waals surface area contributed by atoms with E-state index < -0.39 is 23.7 Å². The number of amides is 1. The standard InChI is InChI=1S/C14H21F2NO3/c1-13(2,3)20-12(19)17(4)9-11(18)10-6-5-7-14(15,16)8-10/h5-6,8,11,18H,7,9H2,1-4H3. The Morgan fingerprint density at radius 1 is 1.55 bits per heavy atom. The van der Waals surface area contributed by atoms with Crippen molar-refractivity contribution in [2.75, 3.05) is 13.6 Å². The number of carbonyl (C=O) groups is 1. The maximum Gasteiger partial charge on any atom is 0.410 e. The Bertz CT molecular complexity index is 425. The van der Waals surface area contributed by atoms with Crippen LogP contribution < -0.4 is 0 Å². The number of nitrogens with zero attached hydrogens (tertiary/aromatic N) is 1. The molecule has 0 spiro atoms. The molecule has 0 saturated heterocycles. The average molecular weight is 289 g/mol. The van der Waals surface area contributed by atoms with Gasteiger partial charge in [-0.15, -0.1) is 0 Å². The first-order valence-electron chi connectivity index (χ1n) is 6.39. The molecule has 0 aromatic rings. The van der Waals surface area contributed by atoms with Gasteiger partial charge in [-0.05, 0) is 32.4 Å². The number of likely N-dealkylation sites (N-methyl/N-ethyl adjacent to an activating group) is 1. The number of hydrogen-bond acceptors (Lipinski definition) is 3. The largest absolute Gasteiger partial charge is 0.444 e. The third-order valence-electron chi connectivity index (χ3n) is 2.61. The number of rotatable bonds is 3. The molecule has 0 fully saturated rings. The zero-order valence-electron chi connectivity index (χ0n) is 12.2. The normalized spacial score (nSPS) is 19.2. The molecule has 114 valence electrons. The molecule has 0 radical (unpaired) electrons. The molecule has 1 aliphatic rings. The maximum atomic E-state index is 13.2. The highest BCUT2D eigenvalue weighted by Gasteiger charge is 2.30. The minimum Gasteiger partial charge on any atom is -0.444 e. The van der Waals surface area contributed by atoms with Gasteiger partial charge in [-0.3, -0.25) is 0 Å². The Morgan fingerprint density at radius 3 is 2.65 bits per heavy atom. The lowest BCUT2D eigenvalue weighted by atomic mass is 9.99. The summed E-state index contributed by atoms with van der Waals surface area (Å²) in [5.74, 6) is -2.95. The van der Waals surface area contributed by atoms with Crippen LogP contribution in [-0.4, -0.2) is 47.3 Å². The number of allylic oxidation sites excluding steroid dienone is 2. The van der Waals surface area contributed by atoms with Crippen molar-refractivity contribution >= 4 is 6.09 Å². The van der Waals surface area contributed by atoms with Crippen LogP contribution in [0, 0.1) is 0 Å². The Balaban J connectivity index is 2.62. The lowest BCUT2D eigenvalue weighted by Gasteiger charge is -2.27. The minimum absolute atomic E-state index is 0.108. The lowest BCUT2D eigenvalue weighted by molar-refractivity contribution is 0.0228. The number of hydrogen-bond donors (Lipinski definition) is 1. The smallest absolute Gasteiger partial charge is 0.410 e. The zero-order chi connectivity index (χ0) is 15.6. The van der Waals surface area contributed by atoms with E-state index in [2.05, 4.69) is 0 Å². The van der Waals surface area contributed by atoms with Crippen LogP contribution in [0.2, 0.25) is 0 Å². The van der Waals surface area contributed by atoms with Gasteiger partial charge in [0.05, 0.1) is 12.6 Å². The van der Waals surface area contributed by atoms with Crippen LogP contribution in [0.3, 0.4) is 0 Å². The molecular weight excluding hydrogens is 268 g/mol. The number of aliphatic hydroxyl groups excluding tert-OH is 1. The molecule has 1 N–H and O–H groups in total. The first kappa shape index (κ1) is 16.6. The summed E-state index contributed by atoms with van der Waals surface area (Å²) in [5, 5.41) is 9.92. The van der Waals surface area contributed by atoms with Gasteiger partial charge in [-0.2, -0.15) is 0 Å². The SMILES string of the molecule is CN(CC(O)C1=CC(F)(F)CC=C1)C(=O)OC(C)(C)C. The average Bonchev–Trinajstić information content (AvgIpc) is 2.25. The number of carbonyl (C=O) groups excluding carboxylic acids is 1. The predicted octanol–water partition coefficient (Wildman–Crippen LogP) is 2.74. The molecule has 1 unspecified atom stereocenters. The summed E-state index contributed by atoms with van der Waals surface area (Å²) in [6.45, 7) is 5.06. The Labute approximate surface area is 117 Å². The molecule has 0 aliphatic heterocycles. The minimum atomic E-state index is -2.95. The molecule has 1 rings (SSSR count). The number of alkyl halides is 2. The van der Waals surface area contributed by atoms with E-state index in [4.69, 9.17) is 4.74 Å². The van der Waals surface area contributed by atoms with E-state index in [-0.39, 0.29) is 18.5 Å². The van der Waals surface area contributed by atoms with E-state index in [0.717, 1.165) is 11.0 Å². The molecule has 1 aliphatic carbocycles.